The Kier molecular flexibility index (Phi) is 8.42. The number of halogens is 3. The largest absolute Gasteiger partial charge is 0.417 e. The molecule has 2 aliphatic heterocycles. The van der Waals surface area contributed by atoms with Gasteiger partial charge in [0.15, 0.2) is 0 Å². The maximum absolute atomic E-state index is 13.4. The normalized spacial score (nSPS) is 16.9. The lowest BCUT2D eigenvalue weighted by Crippen LogP contribution is -2.46. The highest BCUT2D eigenvalue weighted by molar-refractivity contribution is 6.32. The number of imide groups is 1. The molecule has 0 unspecified atom stereocenters. The number of anilines is 2. The van der Waals surface area contributed by atoms with Crippen molar-refractivity contribution in [3.05, 3.63) is 59.1 Å². The van der Waals surface area contributed by atoms with Gasteiger partial charge in [-0.05, 0) is 50.9 Å². The summed E-state index contributed by atoms with van der Waals surface area (Å²) in [4.78, 5) is 39.6. The lowest BCUT2D eigenvalue weighted by molar-refractivity contribution is -0.138. The number of hydrogen-bond donors (Lipinski definition) is 0. The Morgan fingerprint density at radius 2 is 1.74 bits per heavy atom. The molecule has 3 heterocycles. The zero-order valence-corrected chi connectivity index (χ0v) is 21.2. The van der Waals surface area contributed by atoms with Crippen LogP contribution in [0.25, 0.3) is 0 Å². The van der Waals surface area contributed by atoms with Crippen molar-refractivity contribution in [1.82, 2.24) is 14.9 Å². The van der Waals surface area contributed by atoms with E-state index in [2.05, 4.69) is 19.8 Å². The molecule has 2 aliphatic rings. The van der Waals surface area contributed by atoms with Crippen LogP contribution in [0.4, 0.5) is 24.7 Å². The van der Waals surface area contributed by atoms with Crippen LogP contribution in [0.15, 0.2) is 47.9 Å². The van der Waals surface area contributed by atoms with Crippen molar-refractivity contribution in [3.8, 4) is 6.07 Å². The molecule has 8 nitrogen and oxygen atoms in total. The van der Waals surface area contributed by atoms with E-state index in [0.29, 0.717) is 24.5 Å². The van der Waals surface area contributed by atoms with E-state index in [-0.39, 0.29) is 11.3 Å². The smallest absolute Gasteiger partial charge is 0.353 e. The van der Waals surface area contributed by atoms with Crippen molar-refractivity contribution in [2.75, 3.05) is 42.5 Å². The van der Waals surface area contributed by atoms with Crippen LogP contribution in [-0.4, -0.2) is 59.4 Å². The van der Waals surface area contributed by atoms with Gasteiger partial charge in [0.2, 0.25) is 0 Å². The number of nitriles is 1. The number of amides is 2. The van der Waals surface area contributed by atoms with E-state index in [1.807, 2.05) is 0 Å². The minimum absolute atomic E-state index is 0.180. The van der Waals surface area contributed by atoms with Gasteiger partial charge in [0.25, 0.3) is 11.8 Å². The molecule has 200 valence electrons. The Hall–Kier alpha value is -3.78. The quantitative estimate of drug-likeness (QED) is 0.355. The van der Waals surface area contributed by atoms with E-state index in [9.17, 15) is 22.8 Å². The molecule has 0 radical (unpaired) electrons. The van der Waals surface area contributed by atoms with Crippen molar-refractivity contribution in [2.45, 2.75) is 45.2 Å². The monoisotopic (exact) mass is 526 g/mol. The third-order valence-corrected chi connectivity index (χ3v) is 7.02. The first kappa shape index (κ1) is 27.3. The van der Waals surface area contributed by atoms with E-state index in [4.69, 9.17) is 5.26 Å². The molecule has 38 heavy (non-hydrogen) atoms. The summed E-state index contributed by atoms with van der Waals surface area (Å²) in [5, 5.41) is 9.00. The molecule has 2 aromatic rings. The fraction of sp³-hybridized carbons (Fsp3) is 0.444. The molecule has 0 atom stereocenters. The third-order valence-electron chi connectivity index (χ3n) is 7.02. The lowest BCUT2D eigenvalue weighted by atomic mass is 10.0. The highest BCUT2D eigenvalue weighted by atomic mass is 19.4. The van der Waals surface area contributed by atoms with Gasteiger partial charge in [-0.25, -0.2) is 9.88 Å². The van der Waals surface area contributed by atoms with Gasteiger partial charge in [-0.3, -0.25) is 19.5 Å². The molecule has 1 fully saturated rings. The Morgan fingerprint density at radius 3 is 2.39 bits per heavy atom. The molecule has 0 N–H and O–H groups in total. The van der Waals surface area contributed by atoms with Crippen molar-refractivity contribution >= 4 is 23.3 Å². The Balaban J connectivity index is 1.23. The summed E-state index contributed by atoms with van der Waals surface area (Å²) in [6.07, 6.45) is 4.35. The number of aromatic nitrogens is 2. The van der Waals surface area contributed by atoms with Crippen molar-refractivity contribution in [2.24, 2.45) is 0 Å². The van der Waals surface area contributed by atoms with E-state index in [0.717, 1.165) is 68.8 Å². The molecule has 1 aromatic carbocycles. The molecule has 11 heteroatoms. The highest BCUT2D eigenvalue weighted by Gasteiger charge is 2.39. The van der Waals surface area contributed by atoms with E-state index in [1.165, 1.54) is 19.1 Å². The maximum atomic E-state index is 13.4. The van der Waals surface area contributed by atoms with E-state index in [1.54, 1.807) is 18.6 Å². The minimum atomic E-state index is -4.78. The summed E-state index contributed by atoms with van der Waals surface area (Å²) in [5.41, 5.74) is -1.31. The first-order valence-electron chi connectivity index (χ1n) is 12.6. The van der Waals surface area contributed by atoms with Crippen LogP contribution in [0.1, 0.15) is 50.2 Å². The van der Waals surface area contributed by atoms with Crippen molar-refractivity contribution in [1.29, 1.82) is 5.26 Å². The van der Waals surface area contributed by atoms with Gasteiger partial charge in [-0.1, -0.05) is 12.8 Å². The van der Waals surface area contributed by atoms with Crippen LogP contribution < -0.4 is 9.80 Å². The zero-order chi connectivity index (χ0) is 27.3. The minimum Gasteiger partial charge on any atom is -0.353 e. The number of unbranched alkanes of at least 4 members (excludes halogenated alkanes) is 3. The molecule has 0 bridgehead atoms. The molecule has 0 aliphatic carbocycles. The molecule has 1 saturated heterocycles. The Morgan fingerprint density at radius 1 is 1.00 bits per heavy atom. The molecule has 2 amide bonds. The van der Waals surface area contributed by atoms with Gasteiger partial charge >= 0.3 is 6.18 Å². The zero-order valence-electron chi connectivity index (χ0n) is 21.2. The molecule has 1 aromatic heterocycles. The summed E-state index contributed by atoms with van der Waals surface area (Å²) in [6.45, 7) is 6.25. The van der Waals surface area contributed by atoms with Gasteiger partial charge in [0, 0.05) is 49.7 Å². The molecule has 0 saturated carbocycles. The van der Waals surface area contributed by atoms with Gasteiger partial charge in [-0.15, -0.1) is 0 Å². The maximum Gasteiger partial charge on any atom is 0.417 e. The molecular weight excluding hydrogens is 497 g/mol. The van der Waals surface area contributed by atoms with Crippen LogP contribution in [0.2, 0.25) is 0 Å². The Bertz CT molecular complexity index is 1250. The van der Waals surface area contributed by atoms with E-state index < -0.39 is 29.1 Å². The number of benzene rings is 1. The van der Waals surface area contributed by atoms with Crippen LogP contribution >= 0.6 is 0 Å². The first-order valence-corrected chi connectivity index (χ1v) is 12.6. The number of piperazine rings is 1. The fourth-order valence-electron chi connectivity index (χ4n) is 4.86. The van der Waals surface area contributed by atoms with Crippen LogP contribution in [0.5, 0.6) is 0 Å². The van der Waals surface area contributed by atoms with E-state index >= 15 is 0 Å². The second kappa shape index (κ2) is 11.7. The third kappa shape index (κ3) is 6.02. The molecule has 0 spiro atoms. The second-order valence-electron chi connectivity index (χ2n) is 9.45. The summed E-state index contributed by atoms with van der Waals surface area (Å²) in [6, 6.07) is 4.39. The number of carbonyl (C=O) groups excluding carboxylic acids is 2. The fourth-order valence-corrected chi connectivity index (χ4v) is 4.86. The standard InChI is InChI=1S/C27H29F3N6O2/c1-19-22(26(38)36(25(19)37)21-8-7-20(17-31)23(16-21)27(28,29)30)6-4-2-3-5-11-34-12-14-35(15-13-34)24-18-32-9-10-33-24/h7-10,16,18H,2-6,11-15H2,1H3. The second-order valence-corrected chi connectivity index (χ2v) is 9.45. The van der Waals surface area contributed by atoms with Gasteiger partial charge < -0.3 is 4.90 Å². The lowest BCUT2D eigenvalue weighted by Gasteiger charge is -2.35. The molecule has 4 rings (SSSR count). The number of carbonyl (C=O) groups is 2. The average Bonchev–Trinajstić information content (AvgIpc) is 3.13. The number of hydrogen-bond acceptors (Lipinski definition) is 7. The number of alkyl halides is 3. The van der Waals surface area contributed by atoms with Crippen LogP contribution in [-0.2, 0) is 15.8 Å². The summed E-state index contributed by atoms with van der Waals surface area (Å²) in [5.74, 6) is -0.315. The number of rotatable bonds is 9. The van der Waals surface area contributed by atoms with Gasteiger partial charge in [0.1, 0.15) is 5.82 Å². The summed E-state index contributed by atoms with van der Waals surface area (Å²) in [7, 11) is 0. The van der Waals surface area contributed by atoms with Crippen molar-refractivity contribution in [3.63, 3.8) is 0 Å². The van der Waals surface area contributed by atoms with Gasteiger partial charge in [-0.2, -0.15) is 18.4 Å². The van der Waals surface area contributed by atoms with Crippen LogP contribution in [0, 0.1) is 11.3 Å². The summed E-state index contributed by atoms with van der Waals surface area (Å²) >= 11 is 0. The van der Waals surface area contributed by atoms with Gasteiger partial charge in [0.05, 0.1) is 29.1 Å². The average molecular weight is 527 g/mol. The topological polar surface area (TPSA) is 93.4 Å². The highest BCUT2D eigenvalue weighted by Crippen LogP contribution is 2.37. The predicted octanol–water partition coefficient (Wildman–Crippen LogP) is 4.33. The summed E-state index contributed by atoms with van der Waals surface area (Å²) < 4.78 is 40.1. The first-order chi connectivity index (χ1) is 18.2. The van der Waals surface area contributed by atoms with Crippen molar-refractivity contribution < 1.29 is 22.8 Å². The SMILES string of the molecule is CC1=C(CCCCCCN2CCN(c3cnccn3)CC2)C(=O)N(c2ccc(C#N)c(C(F)(F)F)c2)C1=O. The van der Waals surface area contributed by atoms with Crippen LogP contribution in [0.3, 0.4) is 0 Å². The molecular formula is C27H29F3N6O2. The number of nitrogens with zero attached hydrogens (tertiary/aromatic N) is 6. The predicted molar refractivity (Wildman–Crippen MR) is 135 cm³/mol. The Labute approximate surface area is 219 Å².